The van der Waals surface area contributed by atoms with Gasteiger partial charge in [-0.05, 0) is 12.8 Å². The van der Waals surface area contributed by atoms with Crippen LogP contribution in [0.3, 0.4) is 0 Å². The van der Waals surface area contributed by atoms with Crippen molar-refractivity contribution < 1.29 is 9.53 Å². The zero-order valence-electron chi connectivity index (χ0n) is 8.68. The Bertz CT molecular complexity index is 334. The minimum Gasteiger partial charge on any atom is -0.376 e. The van der Waals surface area contributed by atoms with Gasteiger partial charge in [-0.2, -0.15) is 0 Å². The van der Waals surface area contributed by atoms with Crippen LogP contribution in [0, 0.1) is 0 Å². The second-order valence-electron chi connectivity index (χ2n) is 3.68. The monoisotopic (exact) mass is 226 g/mol. The summed E-state index contributed by atoms with van der Waals surface area (Å²) in [5.41, 5.74) is 0. The first-order valence-electron chi connectivity index (χ1n) is 5.03. The van der Waals surface area contributed by atoms with E-state index in [2.05, 4.69) is 4.98 Å². The van der Waals surface area contributed by atoms with Crippen LogP contribution >= 0.6 is 11.3 Å². The van der Waals surface area contributed by atoms with Gasteiger partial charge in [0.15, 0.2) is 11.4 Å². The molecule has 0 spiro atoms. The summed E-state index contributed by atoms with van der Waals surface area (Å²) in [4.78, 5) is 17.4. The van der Waals surface area contributed by atoms with Gasteiger partial charge in [-0.15, -0.1) is 0 Å². The molecule has 1 fully saturated rings. The minimum absolute atomic E-state index is 0.318. The van der Waals surface area contributed by atoms with Crippen molar-refractivity contribution in [3.05, 3.63) is 11.1 Å². The maximum Gasteiger partial charge on any atom is 0.185 e. The van der Waals surface area contributed by atoms with Crippen molar-refractivity contribution in [2.45, 2.75) is 18.9 Å². The maximum atomic E-state index is 10.5. The fraction of sp³-hybridized carbons (Fsp3) is 0.600. The van der Waals surface area contributed by atoms with Gasteiger partial charge in [0.1, 0.15) is 0 Å². The van der Waals surface area contributed by atoms with E-state index in [1.807, 2.05) is 11.9 Å². The molecule has 0 bridgehead atoms. The highest BCUT2D eigenvalue weighted by molar-refractivity contribution is 7.17. The predicted octanol–water partition coefficient (Wildman–Crippen LogP) is 1.57. The largest absolute Gasteiger partial charge is 0.376 e. The summed E-state index contributed by atoms with van der Waals surface area (Å²) in [6.07, 6.45) is 5.03. The number of nitrogens with zero attached hydrogens (tertiary/aromatic N) is 2. The normalized spacial score (nSPS) is 20.5. The van der Waals surface area contributed by atoms with Crippen LogP contribution in [0.5, 0.6) is 0 Å². The first-order chi connectivity index (χ1) is 7.29. The van der Waals surface area contributed by atoms with Gasteiger partial charge < -0.3 is 9.64 Å². The molecule has 1 aliphatic heterocycles. The Labute approximate surface area is 92.9 Å². The summed E-state index contributed by atoms with van der Waals surface area (Å²) in [6.45, 7) is 1.72. The van der Waals surface area contributed by atoms with Gasteiger partial charge in [-0.1, -0.05) is 11.3 Å². The molecule has 0 aromatic carbocycles. The zero-order chi connectivity index (χ0) is 10.7. The Balaban J connectivity index is 1.94. The molecule has 0 radical (unpaired) electrons. The van der Waals surface area contributed by atoms with Crippen molar-refractivity contribution in [1.82, 2.24) is 4.98 Å². The molecule has 4 nitrogen and oxygen atoms in total. The van der Waals surface area contributed by atoms with E-state index in [0.717, 1.165) is 37.4 Å². The highest BCUT2D eigenvalue weighted by Crippen LogP contribution is 2.22. The number of rotatable bonds is 4. The van der Waals surface area contributed by atoms with Crippen LogP contribution in [-0.4, -0.2) is 37.6 Å². The summed E-state index contributed by atoms with van der Waals surface area (Å²) in [5, 5.41) is 0.882. The smallest absolute Gasteiger partial charge is 0.185 e. The van der Waals surface area contributed by atoms with Gasteiger partial charge >= 0.3 is 0 Å². The third kappa shape index (κ3) is 2.54. The molecule has 0 N–H and O–H groups in total. The molecule has 2 heterocycles. The van der Waals surface area contributed by atoms with E-state index in [1.54, 1.807) is 6.20 Å². The second kappa shape index (κ2) is 4.72. The number of thiazole rings is 1. The molecular weight excluding hydrogens is 212 g/mol. The highest BCUT2D eigenvalue weighted by atomic mass is 32.1. The molecule has 1 aromatic heterocycles. The molecule has 5 heteroatoms. The number of anilines is 1. The Morgan fingerprint density at radius 2 is 2.67 bits per heavy atom. The van der Waals surface area contributed by atoms with Gasteiger partial charge in [-0.3, -0.25) is 4.79 Å². The van der Waals surface area contributed by atoms with E-state index in [1.165, 1.54) is 11.3 Å². The molecular formula is C10H14N2O2S. The molecule has 1 saturated heterocycles. The van der Waals surface area contributed by atoms with E-state index in [4.69, 9.17) is 4.74 Å². The lowest BCUT2D eigenvalue weighted by Crippen LogP contribution is -2.28. The molecule has 0 amide bonds. The fourth-order valence-electron chi connectivity index (χ4n) is 1.68. The highest BCUT2D eigenvalue weighted by Gasteiger charge is 2.18. The first-order valence-corrected chi connectivity index (χ1v) is 5.85. The maximum absolute atomic E-state index is 10.5. The minimum atomic E-state index is 0.318. The number of aldehydes is 1. The van der Waals surface area contributed by atoms with Crippen molar-refractivity contribution in [2.75, 3.05) is 25.1 Å². The van der Waals surface area contributed by atoms with E-state index in [9.17, 15) is 4.79 Å². The van der Waals surface area contributed by atoms with Crippen LogP contribution < -0.4 is 4.90 Å². The van der Waals surface area contributed by atoms with Crippen LogP contribution in [0.1, 0.15) is 22.5 Å². The van der Waals surface area contributed by atoms with E-state index < -0.39 is 0 Å². The van der Waals surface area contributed by atoms with Crippen LogP contribution in [0.15, 0.2) is 6.20 Å². The third-order valence-corrected chi connectivity index (χ3v) is 3.49. The third-order valence-electron chi connectivity index (χ3n) is 2.46. The van der Waals surface area contributed by atoms with Crippen LogP contribution in [0.25, 0.3) is 0 Å². The summed E-state index contributed by atoms with van der Waals surface area (Å²) >= 11 is 1.42. The number of hydrogen-bond donors (Lipinski definition) is 0. The molecule has 0 saturated carbocycles. The Morgan fingerprint density at radius 3 is 3.27 bits per heavy atom. The number of likely N-dealkylation sites (N-methyl/N-ethyl adjacent to an activating group) is 1. The number of ether oxygens (including phenoxy) is 1. The van der Waals surface area contributed by atoms with Gasteiger partial charge in [-0.25, -0.2) is 4.98 Å². The Hall–Kier alpha value is -0.940. The predicted molar refractivity (Wildman–Crippen MR) is 59.7 cm³/mol. The number of aromatic nitrogens is 1. The molecule has 1 unspecified atom stereocenters. The molecule has 15 heavy (non-hydrogen) atoms. The molecule has 1 aromatic rings. The standard InChI is InChI=1S/C10H14N2O2S/c1-12(6-8-3-2-4-14-8)10-11-5-9(7-13)15-10/h5,7-8H,2-4,6H2,1H3. The van der Waals surface area contributed by atoms with Gasteiger partial charge in [0, 0.05) is 20.2 Å². The second-order valence-corrected chi connectivity index (χ2v) is 4.72. The van der Waals surface area contributed by atoms with Crippen LogP contribution in [-0.2, 0) is 4.74 Å². The van der Waals surface area contributed by atoms with Crippen molar-refractivity contribution in [3.63, 3.8) is 0 Å². The number of carbonyl (C=O) groups is 1. The topological polar surface area (TPSA) is 42.4 Å². The lowest BCUT2D eigenvalue weighted by atomic mass is 10.2. The average molecular weight is 226 g/mol. The molecule has 82 valence electrons. The van der Waals surface area contributed by atoms with Gasteiger partial charge in [0.25, 0.3) is 0 Å². The van der Waals surface area contributed by atoms with Gasteiger partial charge in [0.05, 0.1) is 17.2 Å². The summed E-state index contributed by atoms with van der Waals surface area (Å²) < 4.78 is 5.54. The zero-order valence-corrected chi connectivity index (χ0v) is 9.50. The SMILES string of the molecule is CN(CC1CCCO1)c1ncc(C=O)s1. The van der Waals surface area contributed by atoms with Crippen molar-refractivity contribution >= 4 is 22.8 Å². The summed E-state index contributed by atoms with van der Waals surface area (Å²) in [7, 11) is 1.98. The van der Waals surface area contributed by atoms with Crippen molar-refractivity contribution in [3.8, 4) is 0 Å². The molecule has 1 atom stereocenters. The van der Waals surface area contributed by atoms with E-state index in [-0.39, 0.29) is 0 Å². The lowest BCUT2D eigenvalue weighted by Gasteiger charge is -2.19. The van der Waals surface area contributed by atoms with Crippen LogP contribution in [0.2, 0.25) is 0 Å². The van der Waals surface area contributed by atoms with Gasteiger partial charge in [0.2, 0.25) is 0 Å². The lowest BCUT2D eigenvalue weighted by molar-refractivity contribution is 0.112. The average Bonchev–Trinajstić information content (AvgIpc) is 2.86. The fourth-order valence-corrected chi connectivity index (χ4v) is 2.38. The number of carbonyl (C=O) groups excluding carboxylic acids is 1. The number of hydrogen-bond acceptors (Lipinski definition) is 5. The Morgan fingerprint density at radius 1 is 1.80 bits per heavy atom. The first kappa shape index (κ1) is 10.6. The molecule has 1 aliphatic rings. The summed E-state index contributed by atoms with van der Waals surface area (Å²) in [6, 6.07) is 0. The van der Waals surface area contributed by atoms with Crippen LogP contribution in [0.4, 0.5) is 5.13 Å². The van der Waals surface area contributed by atoms with Crippen molar-refractivity contribution in [1.29, 1.82) is 0 Å². The summed E-state index contributed by atoms with van der Waals surface area (Å²) in [5.74, 6) is 0. The molecule has 2 rings (SSSR count). The van der Waals surface area contributed by atoms with Crippen molar-refractivity contribution in [2.24, 2.45) is 0 Å². The van der Waals surface area contributed by atoms with E-state index in [0.29, 0.717) is 11.0 Å². The Kier molecular flexibility index (Phi) is 3.33. The molecule has 0 aliphatic carbocycles. The quantitative estimate of drug-likeness (QED) is 0.731. The van der Waals surface area contributed by atoms with E-state index >= 15 is 0 Å².